The van der Waals surface area contributed by atoms with Gasteiger partial charge in [0.1, 0.15) is 12.4 Å². The van der Waals surface area contributed by atoms with Crippen LogP contribution in [0.5, 0.6) is 5.75 Å². The molecule has 0 radical (unpaired) electrons. The Morgan fingerprint density at radius 2 is 2.10 bits per heavy atom. The van der Waals surface area contributed by atoms with E-state index in [1.54, 1.807) is 0 Å². The first kappa shape index (κ1) is 16.0. The van der Waals surface area contributed by atoms with Crippen LogP contribution in [0.25, 0.3) is 0 Å². The average molecular weight is 353 g/mol. The summed E-state index contributed by atoms with van der Waals surface area (Å²) < 4.78 is 8.76. The Balaban J connectivity index is 2.19. The van der Waals surface area contributed by atoms with Gasteiger partial charge in [0.2, 0.25) is 0 Å². The molecule has 21 heavy (non-hydrogen) atoms. The first-order chi connectivity index (χ1) is 9.88. The van der Waals surface area contributed by atoms with Gasteiger partial charge in [-0.05, 0) is 48.8 Å². The van der Waals surface area contributed by atoms with Crippen LogP contribution in [-0.4, -0.2) is 20.8 Å². The Labute approximate surface area is 133 Å². The fraction of sp³-hybridized carbons (Fsp3) is 0.467. The van der Waals surface area contributed by atoms with Gasteiger partial charge in [0.25, 0.3) is 0 Å². The van der Waals surface area contributed by atoms with Gasteiger partial charge in [-0.1, -0.05) is 0 Å². The molecule has 0 aliphatic rings. The van der Waals surface area contributed by atoms with Crippen molar-refractivity contribution in [3.8, 4) is 5.75 Å². The summed E-state index contributed by atoms with van der Waals surface area (Å²) in [6.45, 7) is 6.33. The van der Waals surface area contributed by atoms with Gasteiger partial charge in [-0.15, -0.1) is 0 Å². The fourth-order valence-electron chi connectivity index (χ4n) is 2.16. The standard InChI is InChI=1S/C15H21BrN4O/c1-9(17)7-12-14(6-5-10(2)18-12)21-8-13-15(16)11(3)19-20(13)4/h5-6,9H,7-8,17H2,1-4H3. The molecule has 0 amide bonds. The molecule has 2 aromatic heterocycles. The largest absolute Gasteiger partial charge is 0.485 e. The molecule has 0 aromatic carbocycles. The molecule has 0 aliphatic heterocycles. The lowest BCUT2D eigenvalue weighted by atomic mass is 10.1. The third kappa shape index (κ3) is 3.83. The van der Waals surface area contributed by atoms with Gasteiger partial charge in [0.05, 0.1) is 21.6 Å². The van der Waals surface area contributed by atoms with Crippen LogP contribution < -0.4 is 10.5 Å². The van der Waals surface area contributed by atoms with E-state index in [0.717, 1.165) is 33.0 Å². The highest BCUT2D eigenvalue weighted by molar-refractivity contribution is 9.10. The summed E-state index contributed by atoms with van der Waals surface area (Å²) in [5.74, 6) is 0.781. The number of nitrogens with two attached hydrogens (primary N) is 1. The van der Waals surface area contributed by atoms with Crippen molar-refractivity contribution < 1.29 is 4.74 Å². The summed E-state index contributed by atoms with van der Waals surface area (Å²) in [5, 5.41) is 4.36. The normalized spacial score (nSPS) is 12.5. The number of hydrogen-bond acceptors (Lipinski definition) is 4. The van der Waals surface area contributed by atoms with E-state index in [1.807, 2.05) is 44.6 Å². The molecule has 0 spiro atoms. The van der Waals surface area contributed by atoms with Crippen molar-refractivity contribution in [2.45, 2.75) is 39.8 Å². The molecule has 6 heteroatoms. The van der Waals surface area contributed by atoms with Crippen LogP contribution in [0, 0.1) is 13.8 Å². The summed E-state index contributed by atoms with van der Waals surface area (Å²) in [4.78, 5) is 4.54. The van der Waals surface area contributed by atoms with Crippen LogP contribution in [-0.2, 0) is 20.1 Å². The van der Waals surface area contributed by atoms with Gasteiger partial charge in [-0.25, -0.2) is 0 Å². The zero-order valence-electron chi connectivity index (χ0n) is 12.9. The summed E-state index contributed by atoms with van der Waals surface area (Å²) in [6.07, 6.45) is 0.697. The maximum Gasteiger partial charge on any atom is 0.141 e. The molecule has 2 N–H and O–H groups in total. The highest BCUT2D eigenvalue weighted by atomic mass is 79.9. The lowest BCUT2D eigenvalue weighted by molar-refractivity contribution is 0.288. The third-order valence-corrected chi connectivity index (χ3v) is 4.24. The van der Waals surface area contributed by atoms with Crippen molar-refractivity contribution in [2.24, 2.45) is 12.8 Å². The van der Waals surface area contributed by atoms with Crippen LogP contribution >= 0.6 is 15.9 Å². The number of nitrogens with zero attached hydrogens (tertiary/aromatic N) is 3. The highest BCUT2D eigenvalue weighted by Gasteiger charge is 2.13. The van der Waals surface area contributed by atoms with Crippen molar-refractivity contribution in [3.63, 3.8) is 0 Å². The monoisotopic (exact) mass is 352 g/mol. The first-order valence-corrected chi connectivity index (χ1v) is 7.70. The number of rotatable bonds is 5. The highest BCUT2D eigenvalue weighted by Crippen LogP contribution is 2.24. The van der Waals surface area contributed by atoms with Gasteiger partial charge in [0.15, 0.2) is 0 Å². The second-order valence-corrected chi connectivity index (χ2v) is 6.13. The minimum Gasteiger partial charge on any atom is -0.485 e. The Kier molecular flexibility index (Phi) is 5.00. The Morgan fingerprint density at radius 3 is 2.67 bits per heavy atom. The van der Waals surface area contributed by atoms with Crippen LogP contribution in [0.3, 0.4) is 0 Å². The van der Waals surface area contributed by atoms with E-state index in [-0.39, 0.29) is 6.04 Å². The molecule has 0 saturated carbocycles. The summed E-state index contributed by atoms with van der Waals surface area (Å²) in [6, 6.07) is 3.95. The molecule has 1 unspecified atom stereocenters. The Morgan fingerprint density at radius 1 is 1.38 bits per heavy atom. The van der Waals surface area contributed by atoms with Gasteiger partial charge in [-0.2, -0.15) is 5.10 Å². The van der Waals surface area contributed by atoms with Crippen molar-refractivity contribution in [3.05, 3.63) is 39.4 Å². The van der Waals surface area contributed by atoms with E-state index < -0.39 is 0 Å². The molecule has 0 bridgehead atoms. The van der Waals surface area contributed by atoms with Gasteiger partial charge < -0.3 is 10.5 Å². The molecule has 2 aromatic rings. The van der Waals surface area contributed by atoms with Crippen LogP contribution in [0.15, 0.2) is 16.6 Å². The van der Waals surface area contributed by atoms with Crippen LogP contribution in [0.2, 0.25) is 0 Å². The molecule has 0 fully saturated rings. The number of pyridine rings is 1. The van der Waals surface area contributed by atoms with Crippen LogP contribution in [0.1, 0.15) is 29.7 Å². The van der Waals surface area contributed by atoms with E-state index in [2.05, 4.69) is 26.0 Å². The topological polar surface area (TPSA) is 66.0 Å². The van der Waals surface area contributed by atoms with Gasteiger partial charge >= 0.3 is 0 Å². The molecule has 2 rings (SSSR count). The molecule has 1 atom stereocenters. The lowest BCUT2D eigenvalue weighted by Crippen LogP contribution is -2.19. The predicted octanol–water partition coefficient (Wildman–Crippen LogP) is 2.66. The van der Waals surface area contributed by atoms with Crippen molar-refractivity contribution in [1.29, 1.82) is 0 Å². The van der Waals surface area contributed by atoms with Gasteiger partial charge in [-0.3, -0.25) is 9.67 Å². The minimum atomic E-state index is 0.0485. The van der Waals surface area contributed by atoms with E-state index in [9.17, 15) is 0 Å². The summed E-state index contributed by atoms with van der Waals surface area (Å²) in [7, 11) is 1.91. The minimum absolute atomic E-state index is 0.0485. The number of aryl methyl sites for hydroxylation is 3. The second kappa shape index (κ2) is 6.58. The molecule has 5 nitrogen and oxygen atoms in total. The zero-order valence-corrected chi connectivity index (χ0v) is 14.4. The molecule has 2 heterocycles. The van der Waals surface area contributed by atoms with Crippen molar-refractivity contribution >= 4 is 15.9 Å². The predicted molar refractivity (Wildman–Crippen MR) is 86.3 cm³/mol. The van der Waals surface area contributed by atoms with Crippen molar-refractivity contribution in [2.75, 3.05) is 0 Å². The fourth-order valence-corrected chi connectivity index (χ4v) is 2.61. The number of ether oxygens (including phenoxy) is 1. The Hall–Kier alpha value is -1.40. The number of aromatic nitrogens is 3. The number of hydrogen-bond donors (Lipinski definition) is 1. The third-order valence-electron chi connectivity index (χ3n) is 3.21. The molecule has 114 valence electrons. The second-order valence-electron chi connectivity index (χ2n) is 5.34. The molecule has 0 aliphatic carbocycles. The van der Waals surface area contributed by atoms with E-state index in [4.69, 9.17) is 10.5 Å². The molecule has 0 saturated heterocycles. The Bertz CT molecular complexity index is 637. The van der Waals surface area contributed by atoms with Crippen molar-refractivity contribution in [1.82, 2.24) is 14.8 Å². The maximum absolute atomic E-state index is 5.95. The first-order valence-electron chi connectivity index (χ1n) is 6.91. The van der Waals surface area contributed by atoms with E-state index >= 15 is 0 Å². The maximum atomic E-state index is 5.95. The number of halogens is 1. The SMILES string of the molecule is Cc1ccc(OCc2c(Br)c(C)nn2C)c(CC(C)N)n1. The van der Waals surface area contributed by atoms with E-state index in [1.165, 1.54) is 0 Å². The van der Waals surface area contributed by atoms with E-state index in [0.29, 0.717) is 13.0 Å². The zero-order chi connectivity index (χ0) is 15.6. The lowest BCUT2D eigenvalue weighted by Gasteiger charge is -2.13. The van der Waals surface area contributed by atoms with Gasteiger partial charge in [0, 0.05) is 25.2 Å². The quantitative estimate of drug-likeness (QED) is 0.898. The van der Waals surface area contributed by atoms with Crippen LogP contribution in [0.4, 0.5) is 0 Å². The molecular weight excluding hydrogens is 332 g/mol. The average Bonchev–Trinajstić information content (AvgIpc) is 2.62. The smallest absolute Gasteiger partial charge is 0.141 e. The summed E-state index contributed by atoms with van der Waals surface area (Å²) in [5.41, 5.74) is 9.71. The summed E-state index contributed by atoms with van der Waals surface area (Å²) >= 11 is 3.55. The molecular formula is C15H21BrN4O.